The van der Waals surface area contributed by atoms with Crippen LogP contribution in [0, 0.1) is 11.8 Å². The summed E-state index contributed by atoms with van der Waals surface area (Å²) in [5, 5.41) is 5.91. The van der Waals surface area contributed by atoms with Crippen molar-refractivity contribution in [2.45, 2.75) is 43.9 Å². The van der Waals surface area contributed by atoms with Crippen LogP contribution in [0.25, 0.3) is 0 Å². The number of rotatable bonds is 16. The molecule has 2 N–H and O–H groups in total. The molecule has 3 saturated heterocycles. The number of methoxy groups -OCH3 is 1. The number of ketones is 2. The fraction of sp³-hybridized carbons (Fsp3) is 0.529. The number of epoxide rings is 1. The zero-order valence-electron chi connectivity index (χ0n) is 26.0. The molecule has 2 amide bonds. The number of ether oxygens (including phenoxy) is 4. The summed E-state index contributed by atoms with van der Waals surface area (Å²) in [4.78, 5) is 56.4. The van der Waals surface area contributed by atoms with Gasteiger partial charge in [-0.2, -0.15) is 0 Å². The molecule has 3 fully saturated rings. The third-order valence-corrected chi connectivity index (χ3v) is 8.74. The van der Waals surface area contributed by atoms with E-state index in [2.05, 4.69) is 10.6 Å². The van der Waals surface area contributed by atoms with Gasteiger partial charge in [-0.25, -0.2) is 0 Å². The van der Waals surface area contributed by atoms with Crippen LogP contribution >= 0.6 is 0 Å². The maximum atomic E-state index is 14.0. The highest BCUT2D eigenvalue weighted by Gasteiger charge is 2.50. The largest absolute Gasteiger partial charge is 0.497 e. The fourth-order valence-corrected chi connectivity index (χ4v) is 5.73. The van der Waals surface area contributed by atoms with E-state index in [1.807, 2.05) is 47.4 Å². The Morgan fingerprint density at radius 3 is 2.20 bits per heavy atom. The van der Waals surface area contributed by atoms with Gasteiger partial charge in [-0.05, 0) is 43.0 Å². The minimum absolute atomic E-state index is 0.114. The van der Waals surface area contributed by atoms with Crippen molar-refractivity contribution >= 4 is 23.4 Å². The van der Waals surface area contributed by atoms with Crippen LogP contribution in [-0.2, 0) is 46.2 Å². The lowest BCUT2D eigenvalue weighted by atomic mass is 9.86. The number of carbonyl (C=O) groups is 4. The highest BCUT2D eigenvalue weighted by molar-refractivity contribution is 5.98. The van der Waals surface area contributed by atoms with Gasteiger partial charge in [-0.3, -0.25) is 24.1 Å². The van der Waals surface area contributed by atoms with E-state index < -0.39 is 29.5 Å². The lowest BCUT2D eigenvalue weighted by Gasteiger charge is -2.35. The van der Waals surface area contributed by atoms with Crippen molar-refractivity contribution in [3.05, 3.63) is 65.7 Å². The number of hydrogen-bond acceptors (Lipinski definition) is 9. The van der Waals surface area contributed by atoms with E-state index >= 15 is 0 Å². The number of Topliss-reactive ketones (excluding diaryl/α,β-unsaturated/α-hetero) is 2. The van der Waals surface area contributed by atoms with Crippen molar-refractivity contribution in [3.63, 3.8) is 0 Å². The van der Waals surface area contributed by atoms with Gasteiger partial charge in [0.25, 0.3) is 0 Å². The fourth-order valence-electron chi connectivity index (χ4n) is 5.73. The molecule has 45 heavy (non-hydrogen) atoms. The van der Waals surface area contributed by atoms with Crippen LogP contribution in [-0.4, -0.2) is 106 Å². The molecule has 3 heterocycles. The topological polar surface area (TPSA) is 136 Å². The van der Waals surface area contributed by atoms with E-state index in [1.165, 1.54) is 0 Å². The first-order valence-corrected chi connectivity index (χ1v) is 15.6. The number of nitrogens with one attached hydrogen (secondary N) is 2. The third-order valence-electron chi connectivity index (χ3n) is 8.74. The molecule has 11 heteroatoms. The maximum Gasteiger partial charge on any atom is 0.234 e. The van der Waals surface area contributed by atoms with Crippen molar-refractivity contribution < 1.29 is 38.1 Å². The lowest BCUT2D eigenvalue weighted by Crippen LogP contribution is -2.56. The van der Waals surface area contributed by atoms with Crippen LogP contribution in [0.3, 0.4) is 0 Å². The highest BCUT2D eigenvalue weighted by Crippen LogP contribution is 2.29. The molecule has 4 atom stereocenters. The van der Waals surface area contributed by atoms with Crippen LogP contribution in [0.2, 0.25) is 0 Å². The summed E-state index contributed by atoms with van der Waals surface area (Å²) in [6.45, 7) is 5.33. The number of amides is 2. The molecule has 5 rings (SSSR count). The molecule has 0 bridgehead atoms. The summed E-state index contributed by atoms with van der Waals surface area (Å²) in [5.74, 6) is -1.37. The van der Waals surface area contributed by atoms with Crippen LogP contribution in [0.15, 0.2) is 54.6 Å². The predicted octanol–water partition coefficient (Wildman–Crippen LogP) is 1.36. The molecule has 0 aliphatic carbocycles. The van der Waals surface area contributed by atoms with Crippen molar-refractivity contribution in [2.75, 3.05) is 59.8 Å². The average molecular weight is 622 g/mol. The molecule has 242 valence electrons. The van der Waals surface area contributed by atoms with Crippen molar-refractivity contribution in [3.8, 4) is 5.75 Å². The van der Waals surface area contributed by atoms with Crippen molar-refractivity contribution in [1.82, 2.24) is 15.5 Å². The number of nitrogens with zero attached hydrogens (tertiary/aromatic N) is 1. The number of hydrogen-bond donors (Lipinski definition) is 2. The van der Waals surface area contributed by atoms with Gasteiger partial charge in [0.15, 0.2) is 11.6 Å². The molecule has 2 aromatic rings. The number of benzene rings is 2. The molecule has 0 radical (unpaired) electrons. The smallest absolute Gasteiger partial charge is 0.234 e. The van der Waals surface area contributed by atoms with Crippen LogP contribution in [0.1, 0.15) is 24.5 Å². The molecule has 2 aromatic carbocycles. The number of carbonyl (C=O) groups excluding carboxylic acids is 4. The summed E-state index contributed by atoms with van der Waals surface area (Å²) < 4.78 is 21.5. The lowest BCUT2D eigenvalue weighted by molar-refractivity contribution is -0.138. The van der Waals surface area contributed by atoms with Gasteiger partial charge in [-0.1, -0.05) is 42.5 Å². The molecular formula is C34H43N3O8. The highest BCUT2D eigenvalue weighted by atomic mass is 16.6. The van der Waals surface area contributed by atoms with Gasteiger partial charge in [0.1, 0.15) is 11.4 Å². The monoisotopic (exact) mass is 621 g/mol. The Morgan fingerprint density at radius 2 is 1.60 bits per heavy atom. The van der Waals surface area contributed by atoms with Gasteiger partial charge >= 0.3 is 0 Å². The van der Waals surface area contributed by atoms with Gasteiger partial charge in [-0.15, -0.1) is 0 Å². The minimum Gasteiger partial charge on any atom is -0.497 e. The molecule has 11 nitrogen and oxygen atoms in total. The Morgan fingerprint density at radius 1 is 0.933 bits per heavy atom. The SMILES string of the molecule is COc1ccc(CC(CC(=O)C(NC(=O)CN2CCOCC2)C2COC2)C(=O)NC(Cc2ccccc2)C(=O)C2(C)CO2)cc1. The Kier molecular flexibility index (Phi) is 11.0. The average Bonchev–Trinajstić information content (AvgIpc) is 3.78. The van der Waals surface area contributed by atoms with E-state index in [9.17, 15) is 19.2 Å². The van der Waals surface area contributed by atoms with Crippen molar-refractivity contribution in [1.29, 1.82) is 0 Å². The van der Waals surface area contributed by atoms with Gasteiger partial charge in [0, 0.05) is 31.3 Å². The second kappa shape index (κ2) is 15.1. The quantitative estimate of drug-likeness (QED) is 0.267. The summed E-state index contributed by atoms with van der Waals surface area (Å²) in [7, 11) is 1.58. The van der Waals surface area contributed by atoms with Gasteiger partial charge in [0.05, 0.1) is 58.8 Å². The first kappa shape index (κ1) is 32.7. The molecule has 3 aliphatic rings. The van der Waals surface area contributed by atoms with E-state index in [0.717, 1.165) is 11.1 Å². The van der Waals surface area contributed by atoms with E-state index in [0.29, 0.717) is 58.3 Å². The molecule has 0 spiro atoms. The Balaban J connectivity index is 1.33. The van der Waals surface area contributed by atoms with Crippen LogP contribution < -0.4 is 15.4 Å². The number of morpholine rings is 1. The summed E-state index contributed by atoms with van der Waals surface area (Å²) in [5.41, 5.74) is 0.803. The van der Waals surface area contributed by atoms with Gasteiger partial charge in [0.2, 0.25) is 11.8 Å². The second-order valence-corrected chi connectivity index (χ2v) is 12.3. The first-order chi connectivity index (χ1) is 21.7. The summed E-state index contributed by atoms with van der Waals surface area (Å²) in [6.07, 6.45) is 0.446. The summed E-state index contributed by atoms with van der Waals surface area (Å²) >= 11 is 0. The zero-order valence-corrected chi connectivity index (χ0v) is 26.0. The van der Waals surface area contributed by atoms with E-state index in [-0.39, 0.29) is 42.8 Å². The molecule has 4 unspecified atom stereocenters. The molecule has 0 aromatic heterocycles. The Labute approximate surface area is 263 Å². The molecule has 3 aliphatic heterocycles. The third kappa shape index (κ3) is 8.97. The molecular weight excluding hydrogens is 578 g/mol. The predicted molar refractivity (Wildman–Crippen MR) is 165 cm³/mol. The maximum absolute atomic E-state index is 14.0. The van der Waals surface area contributed by atoms with Gasteiger partial charge < -0.3 is 29.6 Å². The molecule has 0 saturated carbocycles. The van der Waals surface area contributed by atoms with Crippen molar-refractivity contribution in [2.24, 2.45) is 11.8 Å². The second-order valence-electron chi connectivity index (χ2n) is 12.3. The van der Waals surface area contributed by atoms with E-state index in [1.54, 1.807) is 26.2 Å². The zero-order chi connectivity index (χ0) is 31.8. The first-order valence-electron chi connectivity index (χ1n) is 15.6. The van der Waals surface area contributed by atoms with Crippen LogP contribution in [0.5, 0.6) is 5.75 Å². The normalized spacial score (nSPS) is 21.9. The summed E-state index contributed by atoms with van der Waals surface area (Å²) in [6, 6.07) is 15.2. The Bertz CT molecular complexity index is 1320. The van der Waals surface area contributed by atoms with E-state index in [4.69, 9.17) is 18.9 Å². The Hall–Kier alpha value is -3.64. The minimum atomic E-state index is -0.936. The van der Waals surface area contributed by atoms with Crippen LogP contribution in [0.4, 0.5) is 0 Å². The standard InChI is InChI=1S/C34H43N3O8/c1-34(22-45-34)32(40)28(17-23-6-4-3-5-7-23)35-33(41)25(16-24-8-10-27(42-2)11-9-24)18-29(38)31(26-20-44-21-26)36-30(39)19-37-12-14-43-15-13-37/h3-11,25-26,28,31H,12-22H2,1-2H3,(H,35,41)(H,36,39).